The fraction of sp³-hybridized carbons (Fsp3) is 0.133. The van der Waals surface area contributed by atoms with Crippen LogP contribution in [0.4, 0.5) is 5.69 Å². The van der Waals surface area contributed by atoms with Gasteiger partial charge in [0.25, 0.3) is 0 Å². The molecule has 0 unspecified atom stereocenters. The summed E-state index contributed by atoms with van der Waals surface area (Å²) in [6.45, 7) is 0. The molecule has 0 aliphatic rings. The van der Waals surface area contributed by atoms with Gasteiger partial charge < -0.3 is 10.0 Å². The standard InChI is InChI=1S/C15H13NO2S/c1-16(2)11-8-14-10(7-12(11)17)15(18)9-5-3-4-6-13(9)19-14/h3-8,17H,1-2H3. The SMILES string of the molecule is CN(C)c1cc2sc3ccccc3c(=O)c2cc1O. The molecule has 3 nitrogen and oxygen atoms in total. The summed E-state index contributed by atoms with van der Waals surface area (Å²) in [5, 5.41) is 11.3. The fourth-order valence-electron chi connectivity index (χ4n) is 2.18. The van der Waals surface area contributed by atoms with Crippen molar-refractivity contribution in [3.05, 3.63) is 46.6 Å². The van der Waals surface area contributed by atoms with Crippen LogP contribution in [0.5, 0.6) is 5.75 Å². The van der Waals surface area contributed by atoms with Gasteiger partial charge in [0.05, 0.1) is 5.69 Å². The highest BCUT2D eigenvalue weighted by Crippen LogP contribution is 2.33. The van der Waals surface area contributed by atoms with Gasteiger partial charge >= 0.3 is 0 Å². The summed E-state index contributed by atoms with van der Waals surface area (Å²) in [7, 11) is 3.73. The Bertz CT molecular complexity index is 837. The van der Waals surface area contributed by atoms with Crippen LogP contribution in [0.25, 0.3) is 20.2 Å². The zero-order valence-corrected chi connectivity index (χ0v) is 11.5. The van der Waals surface area contributed by atoms with Gasteiger partial charge in [0.15, 0.2) is 5.43 Å². The van der Waals surface area contributed by atoms with E-state index in [1.54, 1.807) is 17.4 Å². The van der Waals surface area contributed by atoms with Crippen LogP contribution in [-0.2, 0) is 0 Å². The molecule has 3 aromatic rings. The summed E-state index contributed by atoms with van der Waals surface area (Å²) in [5.74, 6) is 0.136. The van der Waals surface area contributed by atoms with Crippen LogP contribution in [0, 0.1) is 0 Å². The van der Waals surface area contributed by atoms with E-state index in [1.807, 2.05) is 49.3 Å². The van der Waals surface area contributed by atoms with Gasteiger partial charge in [-0.3, -0.25) is 4.79 Å². The van der Waals surface area contributed by atoms with Gasteiger partial charge in [-0.1, -0.05) is 12.1 Å². The number of phenols is 1. The third-order valence-electron chi connectivity index (χ3n) is 3.15. The van der Waals surface area contributed by atoms with Crippen molar-refractivity contribution in [1.29, 1.82) is 0 Å². The maximum absolute atomic E-state index is 12.4. The average molecular weight is 271 g/mol. The number of fused-ring (bicyclic) bond motifs is 2. The highest BCUT2D eigenvalue weighted by atomic mass is 32.1. The second kappa shape index (κ2) is 4.24. The summed E-state index contributed by atoms with van der Waals surface area (Å²) in [5.41, 5.74) is 0.698. The van der Waals surface area contributed by atoms with Gasteiger partial charge in [0.1, 0.15) is 5.75 Å². The molecule has 0 atom stereocenters. The molecule has 1 N–H and O–H groups in total. The fourth-order valence-corrected chi connectivity index (χ4v) is 3.27. The predicted molar refractivity (Wildman–Crippen MR) is 81.6 cm³/mol. The monoisotopic (exact) mass is 271 g/mol. The number of phenolic OH excluding ortho intramolecular Hbond substituents is 1. The Morgan fingerprint density at radius 1 is 1.05 bits per heavy atom. The van der Waals surface area contributed by atoms with Crippen LogP contribution >= 0.6 is 11.3 Å². The van der Waals surface area contributed by atoms with Crippen molar-refractivity contribution in [2.45, 2.75) is 0 Å². The van der Waals surface area contributed by atoms with Gasteiger partial charge in [0.2, 0.25) is 0 Å². The van der Waals surface area contributed by atoms with Crippen molar-refractivity contribution >= 4 is 37.2 Å². The van der Waals surface area contributed by atoms with Crippen molar-refractivity contribution in [3.63, 3.8) is 0 Å². The third kappa shape index (κ3) is 1.85. The lowest BCUT2D eigenvalue weighted by atomic mass is 10.1. The average Bonchev–Trinajstić information content (AvgIpc) is 2.39. The van der Waals surface area contributed by atoms with Crippen molar-refractivity contribution in [1.82, 2.24) is 0 Å². The van der Waals surface area contributed by atoms with Crippen LogP contribution in [0.2, 0.25) is 0 Å². The van der Waals surface area contributed by atoms with Crippen LogP contribution in [0.1, 0.15) is 0 Å². The summed E-state index contributed by atoms with van der Waals surface area (Å²) in [6, 6.07) is 11.0. The number of aromatic hydroxyl groups is 1. The molecule has 1 heterocycles. The summed E-state index contributed by atoms with van der Waals surface area (Å²) < 4.78 is 1.86. The molecule has 0 aliphatic heterocycles. The third-order valence-corrected chi connectivity index (χ3v) is 4.29. The minimum atomic E-state index is -0.0232. The first kappa shape index (κ1) is 12.0. The number of rotatable bonds is 1. The van der Waals surface area contributed by atoms with Crippen molar-refractivity contribution in [2.75, 3.05) is 19.0 Å². The molecule has 0 fully saturated rings. The van der Waals surface area contributed by atoms with Gasteiger partial charge in [0, 0.05) is 34.3 Å². The molecule has 0 spiro atoms. The number of nitrogens with zero attached hydrogens (tertiary/aromatic N) is 1. The quantitative estimate of drug-likeness (QED) is 0.691. The number of benzene rings is 2. The Hall–Kier alpha value is -2.07. The Morgan fingerprint density at radius 2 is 1.79 bits per heavy atom. The Labute approximate surface area is 114 Å². The molecule has 3 rings (SSSR count). The van der Waals surface area contributed by atoms with E-state index >= 15 is 0 Å². The minimum Gasteiger partial charge on any atom is -0.506 e. The van der Waals surface area contributed by atoms with Gasteiger partial charge in [-0.15, -0.1) is 11.3 Å². The lowest BCUT2D eigenvalue weighted by Gasteiger charge is -2.15. The van der Waals surface area contributed by atoms with Gasteiger partial charge in [-0.25, -0.2) is 0 Å². The topological polar surface area (TPSA) is 40.5 Å². The van der Waals surface area contributed by atoms with Crippen molar-refractivity contribution < 1.29 is 5.11 Å². The van der Waals surface area contributed by atoms with E-state index in [-0.39, 0.29) is 11.2 Å². The molecule has 1 aromatic heterocycles. The normalized spacial score (nSPS) is 11.1. The minimum absolute atomic E-state index is 0.0232. The zero-order valence-electron chi connectivity index (χ0n) is 10.7. The van der Waals surface area contributed by atoms with E-state index < -0.39 is 0 Å². The molecule has 2 aromatic carbocycles. The van der Waals surface area contributed by atoms with Crippen LogP contribution in [0.15, 0.2) is 41.2 Å². The van der Waals surface area contributed by atoms with Gasteiger partial charge in [-0.2, -0.15) is 0 Å². The van der Waals surface area contributed by atoms with E-state index in [2.05, 4.69) is 0 Å². The summed E-state index contributed by atoms with van der Waals surface area (Å²) in [6.07, 6.45) is 0. The molecule has 0 saturated carbocycles. The van der Waals surface area contributed by atoms with E-state index in [9.17, 15) is 9.90 Å². The predicted octanol–water partition coefficient (Wildman–Crippen LogP) is 3.19. The largest absolute Gasteiger partial charge is 0.506 e. The maximum Gasteiger partial charge on any atom is 0.196 e. The maximum atomic E-state index is 12.4. The first-order valence-electron chi connectivity index (χ1n) is 5.94. The first-order valence-corrected chi connectivity index (χ1v) is 6.75. The molecule has 96 valence electrons. The highest BCUT2D eigenvalue weighted by molar-refractivity contribution is 7.24. The molecule has 19 heavy (non-hydrogen) atoms. The number of anilines is 1. The molecule has 0 bridgehead atoms. The lowest BCUT2D eigenvalue weighted by Crippen LogP contribution is -2.09. The van der Waals surface area contributed by atoms with E-state index in [1.165, 1.54) is 0 Å². The van der Waals surface area contributed by atoms with Crippen molar-refractivity contribution in [2.24, 2.45) is 0 Å². The molecule has 0 saturated heterocycles. The summed E-state index contributed by atoms with van der Waals surface area (Å²) in [4.78, 5) is 14.2. The summed E-state index contributed by atoms with van der Waals surface area (Å²) >= 11 is 1.57. The molecule has 0 aliphatic carbocycles. The molecule has 0 amide bonds. The molecular formula is C15H13NO2S. The van der Waals surface area contributed by atoms with Crippen LogP contribution in [-0.4, -0.2) is 19.2 Å². The van der Waals surface area contributed by atoms with Crippen LogP contribution < -0.4 is 10.3 Å². The molecule has 0 radical (unpaired) electrons. The second-order valence-electron chi connectivity index (χ2n) is 4.66. The molecule has 4 heteroatoms. The van der Waals surface area contributed by atoms with E-state index in [0.29, 0.717) is 10.8 Å². The van der Waals surface area contributed by atoms with E-state index in [4.69, 9.17) is 0 Å². The van der Waals surface area contributed by atoms with Crippen LogP contribution in [0.3, 0.4) is 0 Å². The smallest absolute Gasteiger partial charge is 0.196 e. The second-order valence-corrected chi connectivity index (χ2v) is 5.74. The first-order chi connectivity index (χ1) is 9.08. The molecular weight excluding hydrogens is 258 g/mol. The van der Waals surface area contributed by atoms with E-state index in [0.717, 1.165) is 15.1 Å². The Balaban J connectivity index is 2.48. The highest BCUT2D eigenvalue weighted by Gasteiger charge is 2.10. The van der Waals surface area contributed by atoms with Crippen molar-refractivity contribution in [3.8, 4) is 5.75 Å². The Morgan fingerprint density at radius 3 is 2.53 bits per heavy atom. The number of hydrogen-bond donors (Lipinski definition) is 1. The lowest BCUT2D eigenvalue weighted by molar-refractivity contribution is 0.476. The zero-order chi connectivity index (χ0) is 13.6. The van der Waals surface area contributed by atoms with Gasteiger partial charge in [-0.05, 0) is 24.3 Å². The Kier molecular flexibility index (Phi) is 2.68. The number of hydrogen-bond acceptors (Lipinski definition) is 4.